The van der Waals surface area contributed by atoms with Gasteiger partial charge in [0.2, 0.25) is 0 Å². The first-order chi connectivity index (χ1) is 8.30. The maximum Gasteiger partial charge on any atom is 0.0755 e. The zero-order valence-corrected chi connectivity index (χ0v) is 13.5. The second-order valence-corrected chi connectivity index (χ2v) is 7.93. The molecule has 0 fully saturated rings. The predicted molar refractivity (Wildman–Crippen MR) is 83.1 cm³/mol. The molecule has 98 valence electrons. The lowest BCUT2D eigenvalue weighted by molar-refractivity contribution is 0.604. The number of rotatable bonds is 2. The predicted octanol–water partition coefficient (Wildman–Crippen LogP) is 5.12. The van der Waals surface area contributed by atoms with Crippen LogP contribution in [-0.2, 0) is 5.41 Å². The lowest BCUT2D eigenvalue weighted by Gasteiger charge is -2.15. The van der Waals surface area contributed by atoms with Gasteiger partial charge < -0.3 is 5.73 Å². The van der Waals surface area contributed by atoms with Crippen molar-refractivity contribution < 1.29 is 0 Å². The molecule has 2 rings (SSSR count). The fourth-order valence-corrected chi connectivity index (χ4v) is 4.19. The van der Waals surface area contributed by atoms with Crippen LogP contribution >= 0.6 is 34.3 Å². The summed E-state index contributed by atoms with van der Waals surface area (Å²) < 4.78 is 0. The van der Waals surface area contributed by atoms with Gasteiger partial charge in [0.1, 0.15) is 0 Å². The van der Waals surface area contributed by atoms with Crippen LogP contribution < -0.4 is 5.73 Å². The molecule has 0 amide bonds. The van der Waals surface area contributed by atoms with Crippen LogP contribution in [0, 0.1) is 6.92 Å². The Morgan fingerprint density at radius 1 is 1.28 bits per heavy atom. The molecule has 18 heavy (non-hydrogen) atoms. The maximum absolute atomic E-state index is 6.32. The first-order valence-corrected chi connectivity index (χ1v) is 7.97. The van der Waals surface area contributed by atoms with E-state index in [0.717, 1.165) is 15.5 Å². The van der Waals surface area contributed by atoms with Gasteiger partial charge in [-0.3, -0.25) is 0 Å². The molecule has 0 aliphatic heterocycles. The largest absolute Gasteiger partial charge is 0.319 e. The van der Waals surface area contributed by atoms with Crippen molar-refractivity contribution in [1.82, 2.24) is 0 Å². The van der Waals surface area contributed by atoms with Crippen LogP contribution in [0.3, 0.4) is 0 Å². The molecule has 1 atom stereocenters. The molecule has 0 spiro atoms. The molecule has 1 unspecified atom stereocenters. The van der Waals surface area contributed by atoms with Gasteiger partial charge in [-0.2, -0.15) is 0 Å². The minimum absolute atomic E-state index is 0.0997. The number of hydrogen-bond donors (Lipinski definition) is 1. The van der Waals surface area contributed by atoms with Gasteiger partial charge in [0, 0.05) is 14.6 Å². The SMILES string of the molecule is Cc1csc(C(N)c2ccc(C(C)(C)C)s2)c1Cl. The van der Waals surface area contributed by atoms with E-state index in [0.29, 0.717) is 0 Å². The monoisotopic (exact) mass is 299 g/mol. The minimum Gasteiger partial charge on any atom is -0.319 e. The highest BCUT2D eigenvalue weighted by Gasteiger charge is 2.21. The number of halogens is 1. The van der Waals surface area contributed by atoms with Crippen molar-refractivity contribution in [3.05, 3.63) is 42.7 Å². The van der Waals surface area contributed by atoms with E-state index in [1.165, 1.54) is 9.75 Å². The summed E-state index contributed by atoms with van der Waals surface area (Å²) in [4.78, 5) is 3.61. The smallest absolute Gasteiger partial charge is 0.0755 e. The molecule has 2 heterocycles. The quantitative estimate of drug-likeness (QED) is 0.818. The summed E-state index contributed by atoms with van der Waals surface area (Å²) in [6, 6.07) is 4.20. The second-order valence-electron chi connectivity index (χ2n) is 5.53. The average molecular weight is 300 g/mol. The third kappa shape index (κ3) is 2.64. The molecular formula is C14H18ClNS2. The summed E-state index contributed by atoms with van der Waals surface area (Å²) >= 11 is 9.71. The number of hydrogen-bond acceptors (Lipinski definition) is 3. The lowest BCUT2D eigenvalue weighted by atomic mass is 9.95. The first kappa shape index (κ1) is 14.1. The molecule has 2 N–H and O–H groups in total. The standard InChI is InChI=1S/C14H18ClNS2/c1-8-7-17-13(11(8)15)12(16)9-5-6-10(18-9)14(2,3)4/h5-7,12H,16H2,1-4H3. The highest BCUT2D eigenvalue weighted by atomic mass is 35.5. The molecule has 0 aliphatic carbocycles. The zero-order chi connectivity index (χ0) is 13.5. The summed E-state index contributed by atoms with van der Waals surface area (Å²) in [6.45, 7) is 8.67. The van der Waals surface area contributed by atoms with E-state index in [1.54, 1.807) is 22.7 Å². The van der Waals surface area contributed by atoms with E-state index in [4.69, 9.17) is 17.3 Å². The van der Waals surface area contributed by atoms with Gasteiger partial charge in [0.05, 0.1) is 11.1 Å². The Balaban J connectivity index is 2.32. The second kappa shape index (κ2) is 4.97. The molecule has 2 aromatic heterocycles. The van der Waals surface area contributed by atoms with Gasteiger partial charge in [-0.25, -0.2) is 0 Å². The number of nitrogens with two attached hydrogens (primary N) is 1. The Morgan fingerprint density at radius 2 is 1.94 bits per heavy atom. The molecule has 0 bridgehead atoms. The zero-order valence-electron chi connectivity index (χ0n) is 11.1. The van der Waals surface area contributed by atoms with Crippen LogP contribution in [-0.4, -0.2) is 0 Å². The van der Waals surface area contributed by atoms with Gasteiger partial charge in [-0.05, 0) is 35.4 Å². The van der Waals surface area contributed by atoms with E-state index >= 15 is 0 Å². The number of aryl methyl sites for hydroxylation is 1. The van der Waals surface area contributed by atoms with E-state index in [1.807, 2.05) is 6.92 Å². The molecule has 0 radical (unpaired) electrons. The van der Waals surface area contributed by atoms with Gasteiger partial charge in [0.25, 0.3) is 0 Å². The lowest BCUT2D eigenvalue weighted by Crippen LogP contribution is -2.10. The van der Waals surface area contributed by atoms with E-state index < -0.39 is 0 Å². The molecule has 4 heteroatoms. The van der Waals surface area contributed by atoms with Crippen LogP contribution in [0.5, 0.6) is 0 Å². The summed E-state index contributed by atoms with van der Waals surface area (Å²) in [7, 11) is 0. The van der Waals surface area contributed by atoms with Crippen molar-refractivity contribution in [3.63, 3.8) is 0 Å². The Kier molecular flexibility index (Phi) is 3.88. The molecule has 0 aliphatic rings. The van der Waals surface area contributed by atoms with Crippen LogP contribution in [0.25, 0.3) is 0 Å². The Labute approximate surface area is 122 Å². The normalized spacial score (nSPS) is 13.9. The Bertz CT molecular complexity index is 548. The first-order valence-electron chi connectivity index (χ1n) is 5.90. The maximum atomic E-state index is 6.32. The third-order valence-electron chi connectivity index (χ3n) is 2.88. The van der Waals surface area contributed by atoms with E-state index in [9.17, 15) is 0 Å². The molecule has 0 saturated heterocycles. The molecule has 0 saturated carbocycles. The van der Waals surface area contributed by atoms with Crippen LogP contribution in [0.4, 0.5) is 0 Å². The summed E-state index contributed by atoms with van der Waals surface area (Å²) in [6.07, 6.45) is 0. The Morgan fingerprint density at radius 3 is 2.39 bits per heavy atom. The van der Waals surface area contributed by atoms with Crippen molar-refractivity contribution in [2.45, 2.75) is 39.2 Å². The number of thiophene rings is 2. The average Bonchev–Trinajstić information content (AvgIpc) is 2.86. The van der Waals surface area contributed by atoms with Crippen LogP contribution in [0.1, 0.15) is 47.0 Å². The molecular weight excluding hydrogens is 282 g/mol. The van der Waals surface area contributed by atoms with Gasteiger partial charge in [-0.15, -0.1) is 22.7 Å². The van der Waals surface area contributed by atoms with Gasteiger partial charge in [-0.1, -0.05) is 32.4 Å². The van der Waals surface area contributed by atoms with Crippen molar-refractivity contribution in [3.8, 4) is 0 Å². The highest BCUT2D eigenvalue weighted by Crippen LogP contribution is 2.38. The van der Waals surface area contributed by atoms with E-state index in [2.05, 4.69) is 38.3 Å². The summed E-state index contributed by atoms with van der Waals surface area (Å²) in [5.74, 6) is 0. The Hall–Kier alpha value is -0.350. The third-order valence-corrected chi connectivity index (χ3v) is 6.27. The van der Waals surface area contributed by atoms with Crippen LogP contribution in [0.15, 0.2) is 17.5 Å². The highest BCUT2D eigenvalue weighted by molar-refractivity contribution is 7.13. The molecule has 2 aromatic rings. The van der Waals surface area contributed by atoms with Crippen molar-refractivity contribution >= 4 is 34.3 Å². The summed E-state index contributed by atoms with van der Waals surface area (Å²) in [5, 5.41) is 2.88. The van der Waals surface area contributed by atoms with Crippen molar-refractivity contribution in [2.75, 3.05) is 0 Å². The van der Waals surface area contributed by atoms with E-state index in [-0.39, 0.29) is 11.5 Å². The molecule has 0 aromatic carbocycles. The summed E-state index contributed by atoms with van der Waals surface area (Å²) in [5.41, 5.74) is 7.61. The topological polar surface area (TPSA) is 26.0 Å². The van der Waals surface area contributed by atoms with Crippen molar-refractivity contribution in [2.24, 2.45) is 5.73 Å². The van der Waals surface area contributed by atoms with Crippen LogP contribution in [0.2, 0.25) is 5.02 Å². The van der Waals surface area contributed by atoms with Gasteiger partial charge >= 0.3 is 0 Å². The molecule has 1 nitrogen and oxygen atoms in total. The van der Waals surface area contributed by atoms with Gasteiger partial charge in [0.15, 0.2) is 0 Å². The minimum atomic E-state index is -0.0997. The fraction of sp³-hybridized carbons (Fsp3) is 0.429. The van der Waals surface area contributed by atoms with Crippen molar-refractivity contribution in [1.29, 1.82) is 0 Å². The fourth-order valence-electron chi connectivity index (χ4n) is 1.71.